The number of morpholine rings is 1. The number of likely N-dealkylation sites (tertiary alicyclic amines) is 1. The molecule has 3 heterocycles. The molecule has 0 unspecified atom stereocenters. The minimum absolute atomic E-state index is 0.0735. The van der Waals surface area contributed by atoms with E-state index in [0.29, 0.717) is 11.7 Å². The summed E-state index contributed by atoms with van der Waals surface area (Å²) in [6.07, 6.45) is 4.34. The van der Waals surface area contributed by atoms with E-state index in [1.54, 1.807) is 12.3 Å². The first-order chi connectivity index (χ1) is 10.1. The largest absolute Gasteiger partial charge is 0.373 e. The summed E-state index contributed by atoms with van der Waals surface area (Å²) in [6, 6.07) is 2.05. The summed E-state index contributed by atoms with van der Waals surface area (Å²) in [5.74, 6) is 0.0735. The second-order valence-corrected chi connectivity index (χ2v) is 6.24. The smallest absolute Gasteiger partial charge is 0.272 e. The van der Waals surface area contributed by atoms with Gasteiger partial charge in [0.15, 0.2) is 0 Å². The molecule has 6 heteroatoms. The van der Waals surface area contributed by atoms with Crippen LogP contribution in [0.3, 0.4) is 0 Å². The highest BCUT2D eigenvalue weighted by atomic mass is 16.5. The van der Waals surface area contributed by atoms with Crippen molar-refractivity contribution in [3.8, 4) is 0 Å². The Hall–Kier alpha value is -1.40. The van der Waals surface area contributed by atoms with Crippen LogP contribution in [0.25, 0.3) is 0 Å². The molecular formula is C15H24N4O2. The van der Waals surface area contributed by atoms with Gasteiger partial charge in [0.05, 0.1) is 12.2 Å². The van der Waals surface area contributed by atoms with Gasteiger partial charge in [-0.2, -0.15) is 5.10 Å². The maximum atomic E-state index is 12.5. The van der Waals surface area contributed by atoms with Gasteiger partial charge in [-0.25, -0.2) is 0 Å². The predicted molar refractivity (Wildman–Crippen MR) is 79.1 cm³/mol. The fraction of sp³-hybridized carbons (Fsp3) is 0.733. The molecule has 0 radical (unpaired) electrons. The number of hydrogen-bond donors (Lipinski definition) is 1. The second-order valence-electron chi connectivity index (χ2n) is 6.24. The lowest BCUT2D eigenvalue weighted by atomic mass is 10.1. The van der Waals surface area contributed by atoms with Crippen LogP contribution < -0.4 is 0 Å². The van der Waals surface area contributed by atoms with Crippen LogP contribution >= 0.6 is 0 Å². The van der Waals surface area contributed by atoms with Crippen LogP contribution in [0.15, 0.2) is 12.3 Å². The maximum absolute atomic E-state index is 12.5. The summed E-state index contributed by atoms with van der Waals surface area (Å²) in [5.41, 5.74) is 0.589. The van der Waals surface area contributed by atoms with Crippen LogP contribution in [0.2, 0.25) is 0 Å². The third-order valence-corrected chi connectivity index (χ3v) is 4.33. The number of aromatic amines is 1. The van der Waals surface area contributed by atoms with Gasteiger partial charge in [0.25, 0.3) is 5.91 Å². The van der Waals surface area contributed by atoms with E-state index >= 15 is 0 Å². The van der Waals surface area contributed by atoms with Gasteiger partial charge in [0, 0.05) is 38.4 Å². The average Bonchev–Trinajstić information content (AvgIpc) is 3.07. The number of nitrogens with one attached hydrogen (secondary N) is 1. The molecule has 1 N–H and O–H groups in total. The molecule has 6 nitrogen and oxygen atoms in total. The van der Waals surface area contributed by atoms with Crippen LogP contribution in [0, 0.1) is 0 Å². The van der Waals surface area contributed by atoms with Crippen molar-refractivity contribution >= 4 is 5.91 Å². The quantitative estimate of drug-likeness (QED) is 0.907. The molecule has 3 rings (SSSR count). The monoisotopic (exact) mass is 292 g/mol. The highest BCUT2D eigenvalue weighted by molar-refractivity contribution is 5.92. The van der Waals surface area contributed by atoms with Crippen molar-refractivity contribution < 1.29 is 9.53 Å². The molecule has 0 bridgehead atoms. The van der Waals surface area contributed by atoms with Gasteiger partial charge < -0.3 is 9.64 Å². The van der Waals surface area contributed by atoms with Crippen LogP contribution in [0.5, 0.6) is 0 Å². The first-order valence-corrected chi connectivity index (χ1v) is 7.81. The predicted octanol–water partition coefficient (Wildman–Crippen LogP) is 1.12. The normalized spacial score (nSPS) is 30.8. The third-order valence-electron chi connectivity index (χ3n) is 4.33. The number of hydrogen-bond acceptors (Lipinski definition) is 4. The van der Waals surface area contributed by atoms with Crippen molar-refractivity contribution in [3.63, 3.8) is 0 Å². The van der Waals surface area contributed by atoms with Crippen LogP contribution in [-0.2, 0) is 4.74 Å². The zero-order chi connectivity index (χ0) is 14.8. The van der Waals surface area contributed by atoms with Crippen molar-refractivity contribution in [1.29, 1.82) is 0 Å². The summed E-state index contributed by atoms with van der Waals surface area (Å²) in [7, 11) is 0. The van der Waals surface area contributed by atoms with Crippen LogP contribution in [0.1, 0.15) is 37.2 Å². The highest BCUT2D eigenvalue weighted by Crippen LogP contribution is 2.22. The number of amides is 1. The summed E-state index contributed by atoms with van der Waals surface area (Å²) >= 11 is 0. The first-order valence-electron chi connectivity index (χ1n) is 7.81. The minimum Gasteiger partial charge on any atom is -0.373 e. The minimum atomic E-state index is 0.0735. The molecule has 2 aliphatic rings. The molecule has 1 aromatic heterocycles. The SMILES string of the molecule is C[C@@H]1CN(C[C@H]2CCCN2C(=O)c2ccn[nH]2)C[C@H](C)O1. The number of ether oxygens (including phenoxy) is 1. The van der Waals surface area contributed by atoms with E-state index in [1.807, 2.05) is 4.90 Å². The molecule has 0 aromatic carbocycles. The van der Waals surface area contributed by atoms with Gasteiger partial charge >= 0.3 is 0 Å². The Morgan fingerprint density at radius 2 is 2.19 bits per heavy atom. The summed E-state index contributed by atoms with van der Waals surface area (Å²) in [4.78, 5) is 16.9. The first kappa shape index (κ1) is 14.5. The van der Waals surface area contributed by atoms with Crippen LogP contribution in [-0.4, -0.2) is 70.3 Å². The Morgan fingerprint density at radius 3 is 2.86 bits per heavy atom. The Kier molecular flexibility index (Phi) is 4.26. The number of carbonyl (C=O) groups is 1. The number of aromatic nitrogens is 2. The molecule has 1 aromatic rings. The van der Waals surface area contributed by atoms with Gasteiger partial charge in [-0.05, 0) is 32.8 Å². The standard InChI is InChI=1S/C15H24N4O2/c1-11-8-18(9-12(2)21-11)10-13-4-3-7-19(13)15(20)14-5-6-16-17-14/h5-6,11-13H,3-4,7-10H2,1-2H3,(H,16,17)/t11-,12+,13-/m1/s1. The number of rotatable bonds is 3. The molecular weight excluding hydrogens is 268 g/mol. The lowest BCUT2D eigenvalue weighted by molar-refractivity contribution is -0.0715. The Morgan fingerprint density at radius 1 is 1.43 bits per heavy atom. The van der Waals surface area contributed by atoms with Crippen molar-refractivity contribution in [3.05, 3.63) is 18.0 Å². The van der Waals surface area contributed by atoms with E-state index in [4.69, 9.17) is 4.74 Å². The number of H-pyrrole nitrogens is 1. The van der Waals surface area contributed by atoms with Gasteiger partial charge in [-0.3, -0.25) is 14.8 Å². The van der Waals surface area contributed by atoms with E-state index in [9.17, 15) is 4.79 Å². The van der Waals surface area contributed by atoms with Crippen molar-refractivity contribution in [2.24, 2.45) is 0 Å². The lowest BCUT2D eigenvalue weighted by Gasteiger charge is -2.38. The van der Waals surface area contributed by atoms with Gasteiger partial charge in [0.2, 0.25) is 0 Å². The molecule has 2 fully saturated rings. The Bertz CT molecular complexity index is 466. The van der Waals surface area contributed by atoms with E-state index in [1.165, 1.54) is 0 Å². The zero-order valence-electron chi connectivity index (χ0n) is 12.8. The maximum Gasteiger partial charge on any atom is 0.272 e. The molecule has 0 aliphatic carbocycles. The molecule has 0 saturated carbocycles. The van der Waals surface area contributed by atoms with Gasteiger partial charge in [0.1, 0.15) is 5.69 Å². The Labute approximate surface area is 125 Å². The number of nitrogens with zero attached hydrogens (tertiary/aromatic N) is 3. The topological polar surface area (TPSA) is 61.5 Å². The molecule has 2 saturated heterocycles. The molecule has 1 amide bonds. The van der Waals surface area contributed by atoms with Crippen molar-refractivity contribution in [1.82, 2.24) is 20.0 Å². The zero-order valence-corrected chi connectivity index (χ0v) is 12.8. The Balaban J connectivity index is 1.63. The fourth-order valence-corrected chi connectivity index (χ4v) is 3.55. The van der Waals surface area contributed by atoms with Gasteiger partial charge in [-0.15, -0.1) is 0 Å². The summed E-state index contributed by atoms with van der Waals surface area (Å²) in [6.45, 7) is 7.92. The highest BCUT2D eigenvalue weighted by Gasteiger charge is 2.33. The molecule has 0 spiro atoms. The van der Waals surface area contributed by atoms with E-state index in [2.05, 4.69) is 28.9 Å². The second kappa shape index (κ2) is 6.15. The lowest BCUT2D eigenvalue weighted by Crippen LogP contribution is -2.51. The number of carbonyl (C=O) groups excluding carboxylic acids is 1. The van der Waals surface area contributed by atoms with E-state index in [-0.39, 0.29) is 18.1 Å². The van der Waals surface area contributed by atoms with E-state index < -0.39 is 0 Å². The summed E-state index contributed by atoms with van der Waals surface area (Å²) in [5, 5.41) is 6.65. The van der Waals surface area contributed by atoms with Crippen molar-refractivity contribution in [2.75, 3.05) is 26.2 Å². The van der Waals surface area contributed by atoms with Crippen molar-refractivity contribution in [2.45, 2.75) is 44.9 Å². The third kappa shape index (κ3) is 3.27. The molecule has 2 aliphatic heterocycles. The molecule has 21 heavy (non-hydrogen) atoms. The molecule has 116 valence electrons. The fourth-order valence-electron chi connectivity index (χ4n) is 3.55. The summed E-state index contributed by atoms with van der Waals surface area (Å²) < 4.78 is 5.78. The van der Waals surface area contributed by atoms with Crippen LogP contribution in [0.4, 0.5) is 0 Å². The average molecular weight is 292 g/mol. The molecule has 3 atom stereocenters. The van der Waals surface area contributed by atoms with E-state index in [0.717, 1.165) is 39.0 Å². The van der Waals surface area contributed by atoms with Gasteiger partial charge in [-0.1, -0.05) is 0 Å².